The van der Waals surface area contributed by atoms with Gasteiger partial charge in [0, 0.05) is 42.3 Å². The second-order valence-electron chi connectivity index (χ2n) is 9.80. The fourth-order valence-corrected chi connectivity index (χ4v) is 5.64. The van der Waals surface area contributed by atoms with Crippen molar-refractivity contribution in [3.8, 4) is 0 Å². The monoisotopic (exact) mass is 567 g/mol. The molecule has 2 unspecified atom stereocenters. The number of benzene rings is 1. The van der Waals surface area contributed by atoms with Gasteiger partial charge in [-0.3, -0.25) is 9.59 Å². The number of amides is 2. The van der Waals surface area contributed by atoms with E-state index >= 15 is 0 Å². The number of carbonyl (C=O) groups is 2. The average molecular weight is 568 g/mol. The van der Waals surface area contributed by atoms with E-state index in [1.54, 1.807) is 22.9 Å². The number of nitrogens with one attached hydrogen (secondary N) is 2. The largest absolute Gasteiger partial charge is 0.381 e. The maximum atomic E-state index is 14.7. The van der Waals surface area contributed by atoms with E-state index in [0.717, 1.165) is 17.7 Å². The molecule has 37 heavy (non-hydrogen) atoms. The maximum Gasteiger partial charge on any atom is 0.245 e. The minimum atomic E-state index is -0.698. The third-order valence-electron chi connectivity index (χ3n) is 7.00. The minimum absolute atomic E-state index is 0.0800. The van der Waals surface area contributed by atoms with Crippen molar-refractivity contribution in [1.82, 2.24) is 20.2 Å². The molecule has 9 nitrogen and oxygen atoms in total. The van der Waals surface area contributed by atoms with Gasteiger partial charge in [-0.15, -0.1) is 18.5 Å². The number of rotatable bonds is 6. The highest BCUT2D eigenvalue weighted by atomic mass is 35.5. The molecular weight excluding hydrogens is 535 g/mol. The predicted molar refractivity (Wildman–Crippen MR) is 151 cm³/mol. The maximum absolute atomic E-state index is 14.7. The Morgan fingerprint density at radius 3 is 2.70 bits per heavy atom. The molecule has 2 fully saturated rings. The molecule has 0 spiro atoms. The first-order valence-corrected chi connectivity index (χ1v) is 13.7. The lowest BCUT2D eigenvalue weighted by molar-refractivity contribution is -0.140. The van der Waals surface area contributed by atoms with E-state index in [1.807, 2.05) is 19.1 Å². The first-order chi connectivity index (χ1) is 17.5. The summed E-state index contributed by atoms with van der Waals surface area (Å²) >= 11 is 6.37. The number of carbonyl (C=O) groups excluding carboxylic acids is 2. The van der Waals surface area contributed by atoms with Crippen LogP contribution in [0.4, 0.5) is 21.7 Å². The van der Waals surface area contributed by atoms with Crippen molar-refractivity contribution in [3.05, 3.63) is 40.9 Å². The molecular formula is C24H33ClFN7O2P2. The minimum Gasteiger partial charge on any atom is -0.381 e. The SMILES string of the molecule is CNC(=O)[C@H]1CCN(c2ncnc(N)c2F)C[C@@H]1N1CCC[C@@H](Nc2cc(Cl)cc(C(C)(P)P)c2)C1=O. The second-order valence-corrected chi connectivity index (χ2v) is 13.3. The first kappa shape index (κ1) is 27.7. The quantitative estimate of drug-likeness (QED) is 0.460. The van der Waals surface area contributed by atoms with Crippen molar-refractivity contribution in [3.63, 3.8) is 0 Å². The van der Waals surface area contributed by atoms with Crippen LogP contribution in [0.1, 0.15) is 31.7 Å². The molecule has 5 atom stereocenters. The van der Waals surface area contributed by atoms with Crippen LogP contribution in [0.3, 0.4) is 0 Å². The zero-order chi connectivity index (χ0) is 26.9. The molecule has 0 saturated carbocycles. The molecule has 0 bridgehead atoms. The Labute approximate surface area is 225 Å². The Hall–Kier alpha value is -2.28. The van der Waals surface area contributed by atoms with E-state index in [1.165, 1.54) is 6.33 Å². The van der Waals surface area contributed by atoms with E-state index in [4.69, 9.17) is 17.3 Å². The molecule has 4 N–H and O–H groups in total. The molecule has 2 aromatic rings. The van der Waals surface area contributed by atoms with Crippen molar-refractivity contribution in [2.75, 3.05) is 42.6 Å². The number of hydrogen-bond acceptors (Lipinski definition) is 7. The van der Waals surface area contributed by atoms with Crippen LogP contribution in [0.25, 0.3) is 0 Å². The zero-order valence-electron chi connectivity index (χ0n) is 20.9. The number of anilines is 3. The molecule has 3 heterocycles. The Bertz CT molecular complexity index is 1180. The van der Waals surface area contributed by atoms with Gasteiger partial charge in [0.25, 0.3) is 0 Å². The number of likely N-dealkylation sites (tertiary alicyclic amines) is 1. The van der Waals surface area contributed by atoms with Crippen LogP contribution in [0.5, 0.6) is 0 Å². The summed E-state index contributed by atoms with van der Waals surface area (Å²) < 4.78 is 14.7. The van der Waals surface area contributed by atoms with Gasteiger partial charge >= 0.3 is 0 Å². The van der Waals surface area contributed by atoms with Crippen LogP contribution in [0.15, 0.2) is 24.5 Å². The normalized spacial score (nSPS) is 22.6. The highest BCUT2D eigenvalue weighted by molar-refractivity contribution is 7.38. The number of nitrogens with zero attached hydrogens (tertiary/aromatic N) is 4. The number of nitrogens with two attached hydrogens (primary N) is 1. The Kier molecular flexibility index (Phi) is 8.41. The van der Waals surface area contributed by atoms with E-state index in [9.17, 15) is 14.0 Å². The number of piperidine rings is 2. The molecule has 1 aromatic heterocycles. The molecule has 0 radical (unpaired) electrons. The van der Waals surface area contributed by atoms with Gasteiger partial charge in [0.1, 0.15) is 12.4 Å². The summed E-state index contributed by atoms with van der Waals surface area (Å²) in [5, 5.41) is 6.66. The van der Waals surface area contributed by atoms with Crippen LogP contribution in [-0.2, 0) is 14.5 Å². The summed E-state index contributed by atoms with van der Waals surface area (Å²) in [6.45, 7) is 3.20. The van der Waals surface area contributed by atoms with Crippen molar-refractivity contribution < 1.29 is 14.0 Å². The standard InChI is InChI=1S/C24H33ClFN7O2P2/c1-24(36,37)13-8-14(25)10-15(9-13)31-17-4-3-6-33(23(17)35)18-11-32(7-5-16(18)22(34)28-2)21-19(26)20(27)29-12-30-21/h8-10,12,16-18,31H,3-7,11,36-37H2,1-2H3,(H,28,34)(H2,27,29,30)/t16-,17+,18-/m0/s1. The molecule has 4 rings (SSSR count). The van der Waals surface area contributed by atoms with Gasteiger partial charge in [0.15, 0.2) is 11.6 Å². The molecule has 2 amide bonds. The summed E-state index contributed by atoms with van der Waals surface area (Å²) in [4.78, 5) is 37.6. The molecule has 2 aliphatic heterocycles. The topological polar surface area (TPSA) is 116 Å². The van der Waals surface area contributed by atoms with E-state index < -0.39 is 23.8 Å². The fraction of sp³-hybridized carbons (Fsp3) is 0.500. The van der Waals surface area contributed by atoms with Gasteiger partial charge in [0.2, 0.25) is 17.6 Å². The van der Waals surface area contributed by atoms with E-state index in [0.29, 0.717) is 31.0 Å². The zero-order valence-corrected chi connectivity index (χ0v) is 23.9. The van der Waals surface area contributed by atoms with Crippen molar-refractivity contribution in [2.45, 2.75) is 43.2 Å². The third kappa shape index (κ3) is 6.08. The smallest absolute Gasteiger partial charge is 0.245 e. The van der Waals surface area contributed by atoms with E-state index in [-0.39, 0.29) is 34.9 Å². The van der Waals surface area contributed by atoms with Gasteiger partial charge in [-0.2, -0.15) is 4.39 Å². The molecule has 2 saturated heterocycles. The Morgan fingerprint density at radius 2 is 2.00 bits per heavy atom. The van der Waals surface area contributed by atoms with Crippen LogP contribution < -0.4 is 21.3 Å². The van der Waals surface area contributed by atoms with Crippen LogP contribution in [-0.4, -0.2) is 65.4 Å². The first-order valence-electron chi connectivity index (χ1n) is 12.2. The highest BCUT2D eigenvalue weighted by Crippen LogP contribution is 2.40. The van der Waals surface area contributed by atoms with Gasteiger partial charge in [0.05, 0.1) is 12.0 Å². The van der Waals surface area contributed by atoms with Gasteiger partial charge in [-0.25, -0.2) is 9.97 Å². The lowest BCUT2D eigenvalue weighted by Crippen LogP contribution is -2.61. The number of hydrogen-bond donors (Lipinski definition) is 3. The van der Waals surface area contributed by atoms with Gasteiger partial charge < -0.3 is 26.2 Å². The summed E-state index contributed by atoms with van der Waals surface area (Å²) in [5.74, 6) is -1.53. The number of aromatic nitrogens is 2. The summed E-state index contributed by atoms with van der Waals surface area (Å²) in [7, 11) is 7.11. The second kappa shape index (κ2) is 11.2. The van der Waals surface area contributed by atoms with Gasteiger partial charge in [-0.05, 0) is 49.9 Å². The van der Waals surface area contributed by atoms with Crippen molar-refractivity contribution in [2.24, 2.45) is 5.92 Å². The third-order valence-corrected chi connectivity index (χ3v) is 7.88. The molecule has 2 aliphatic rings. The number of nitrogen functional groups attached to an aromatic ring is 1. The van der Waals surface area contributed by atoms with Crippen molar-refractivity contribution >= 4 is 59.2 Å². The Balaban J connectivity index is 1.59. The van der Waals surface area contributed by atoms with Crippen LogP contribution >= 0.6 is 30.1 Å². The summed E-state index contributed by atoms with van der Waals surface area (Å²) in [5.41, 5.74) is 7.41. The molecule has 0 aliphatic carbocycles. The average Bonchev–Trinajstić information content (AvgIpc) is 2.85. The van der Waals surface area contributed by atoms with E-state index in [2.05, 4.69) is 39.1 Å². The van der Waals surface area contributed by atoms with Crippen LogP contribution in [0.2, 0.25) is 5.02 Å². The molecule has 1 aromatic carbocycles. The summed E-state index contributed by atoms with van der Waals surface area (Å²) in [6, 6.07) is 4.74. The molecule has 200 valence electrons. The molecule has 13 heteroatoms. The summed E-state index contributed by atoms with van der Waals surface area (Å²) in [6.07, 6.45) is 3.06. The van der Waals surface area contributed by atoms with Gasteiger partial charge in [-0.1, -0.05) is 11.6 Å². The highest BCUT2D eigenvalue weighted by Gasteiger charge is 2.43. The Morgan fingerprint density at radius 1 is 1.24 bits per heavy atom. The lowest BCUT2D eigenvalue weighted by atomic mass is 9.87. The predicted octanol–water partition coefficient (Wildman–Crippen LogP) is 2.82. The lowest BCUT2D eigenvalue weighted by Gasteiger charge is -2.46. The van der Waals surface area contributed by atoms with Crippen molar-refractivity contribution in [1.29, 1.82) is 0 Å². The van der Waals surface area contributed by atoms with Crippen LogP contribution in [0, 0.1) is 11.7 Å². The number of halogens is 2. The fourth-order valence-electron chi connectivity index (χ4n) is 5.07.